The first-order chi connectivity index (χ1) is 8.16. The van der Waals surface area contributed by atoms with Gasteiger partial charge < -0.3 is 15.8 Å². The molecule has 1 aromatic rings. The van der Waals surface area contributed by atoms with Gasteiger partial charge in [-0.15, -0.1) is 0 Å². The van der Waals surface area contributed by atoms with Gasteiger partial charge in [0.05, 0.1) is 19.1 Å². The molecule has 1 saturated heterocycles. The molecule has 0 aliphatic carbocycles. The van der Waals surface area contributed by atoms with E-state index < -0.39 is 0 Å². The number of amides is 1. The Kier molecular flexibility index (Phi) is 4.15. The number of nitrogens with one attached hydrogen (secondary N) is 1. The predicted molar refractivity (Wildman–Crippen MR) is 67.9 cm³/mol. The maximum atomic E-state index is 11.9. The molecule has 1 fully saturated rings. The second-order valence-corrected chi connectivity index (χ2v) is 5.33. The molecule has 0 bridgehead atoms. The van der Waals surface area contributed by atoms with Crippen molar-refractivity contribution in [3.8, 4) is 0 Å². The summed E-state index contributed by atoms with van der Waals surface area (Å²) >= 11 is 1.67. The molecule has 3 N–H and O–H groups in total. The molecular formula is C12H18N2O2S. The average molecular weight is 254 g/mol. The van der Waals surface area contributed by atoms with Crippen LogP contribution in [0.1, 0.15) is 12.5 Å². The fourth-order valence-electron chi connectivity index (χ4n) is 2.00. The van der Waals surface area contributed by atoms with Crippen LogP contribution in [0.15, 0.2) is 16.8 Å². The highest BCUT2D eigenvalue weighted by molar-refractivity contribution is 7.07. The minimum absolute atomic E-state index is 0.0118. The minimum atomic E-state index is -0.195. The van der Waals surface area contributed by atoms with Crippen LogP contribution in [0.3, 0.4) is 0 Å². The highest BCUT2D eigenvalue weighted by atomic mass is 32.1. The van der Waals surface area contributed by atoms with E-state index in [1.165, 1.54) is 5.56 Å². The molecule has 1 amide bonds. The summed E-state index contributed by atoms with van der Waals surface area (Å²) in [4.78, 5) is 11.9. The summed E-state index contributed by atoms with van der Waals surface area (Å²) in [6.07, 6.45) is 0.859. The molecule has 2 heterocycles. The zero-order valence-electron chi connectivity index (χ0n) is 9.89. The second kappa shape index (κ2) is 5.62. The van der Waals surface area contributed by atoms with Crippen LogP contribution in [0.25, 0.3) is 0 Å². The van der Waals surface area contributed by atoms with Crippen LogP contribution in [0.2, 0.25) is 0 Å². The van der Waals surface area contributed by atoms with Crippen molar-refractivity contribution in [2.75, 3.05) is 13.2 Å². The maximum Gasteiger partial charge on any atom is 0.227 e. The molecular weight excluding hydrogens is 236 g/mol. The number of ether oxygens (including phenoxy) is 1. The monoisotopic (exact) mass is 254 g/mol. The molecule has 17 heavy (non-hydrogen) atoms. The van der Waals surface area contributed by atoms with Crippen LogP contribution in [0, 0.1) is 5.92 Å². The van der Waals surface area contributed by atoms with Crippen molar-refractivity contribution in [2.45, 2.75) is 25.4 Å². The smallest absolute Gasteiger partial charge is 0.227 e. The largest absolute Gasteiger partial charge is 0.379 e. The number of hydrogen-bond donors (Lipinski definition) is 2. The lowest BCUT2D eigenvalue weighted by atomic mass is 10.0. The molecule has 0 radical (unpaired) electrons. The summed E-state index contributed by atoms with van der Waals surface area (Å²) in [5, 5.41) is 7.15. The maximum absolute atomic E-state index is 11.9. The van der Waals surface area contributed by atoms with E-state index in [4.69, 9.17) is 10.5 Å². The van der Waals surface area contributed by atoms with Crippen LogP contribution in [0.5, 0.6) is 0 Å². The number of carbonyl (C=O) groups is 1. The van der Waals surface area contributed by atoms with E-state index in [1.807, 2.05) is 12.3 Å². The van der Waals surface area contributed by atoms with Gasteiger partial charge in [-0.2, -0.15) is 11.3 Å². The molecule has 5 heteroatoms. The zero-order chi connectivity index (χ0) is 12.3. The molecule has 0 aromatic carbocycles. The van der Waals surface area contributed by atoms with Crippen LogP contribution in [-0.4, -0.2) is 31.2 Å². The molecule has 3 unspecified atom stereocenters. The Bertz CT molecular complexity index is 367. The SMILES string of the molecule is CC(Cc1ccsc1)NC(=O)C1COCC1N. The van der Waals surface area contributed by atoms with E-state index in [0.717, 1.165) is 6.42 Å². The third kappa shape index (κ3) is 3.28. The Morgan fingerprint density at radius 3 is 3.12 bits per heavy atom. The third-order valence-corrected chi connectivity index (χ3v) is 3.70. The standard InChI is InChI=1S/C12H18N2O2S/c1-8(4-9-2-3-17-7-9)14-12(15)10-5-16-6-11(10)13/h2-3,7-8,10-11H,4-6,13H2,1H3,(H,14,15). The minimum Gasteiger partial charge on any atom is -0.379 e. The lowest BCUT2D eigenvalue weighted by Gasteiger charge is -2.18. The van der Waals surface area contributed by atoms with E-state index >= 15 is 0 Å². The van der Waals surface area contributed by atoms with Crippen LogP contribution in [-0.2, 0) is 16.0 Å². The topological polar surface area (TPSA) is 64.3 Å². The number of nitrogens with two attached hydrogens (primary N) is 1. The van der Waals surface area contributed by atoms with Gasteiger partial charge in [-0.05, 0) is 35.7 Å². The summed E-state index contributed by atoms with van der Waals surface area (Å²) in [5.41, 5.74) is 7.07. The molecule has 0 spiro atoms. The predicted octanol–water partition coefficient (Wildman–Crippen LogP) is 0.769. The van der Waals surface area contributed by atoms with E-state index in [1.54, 1.807) is 11.3 Å². The summed E-state index contributed by atoms with van der Waals surface area (Å²) in [6.45, 7) is 2.94. The summed E-state index contributed by atoms with van der Waals surface area (Å²) in [5.74, 6) is -0.183. The molecule has 0 saturated carbocycles. The Morgan fingerprint density at radius 1 is 1.71 bits per heavy atom. The Morgan fingerprint density at radius 2 is 2.53 bits per heavy atom. The lowest BCUT2D eigenvalue weighted by molar-refractivity contribution is -0.125. The van der Waals surface area contributed by atoms with Gasteiger partial charge in [-0.25, -0.2) is 0 Å². The normalized spacial score (nSPS) is 25.8. The molecule has 2 rings (SSSR count). The molecule has 94 valence electrons. The Balaban J connectivity index is 1.82. The van der Waals surface area contributed by atoms with Crippen LogP contribution < -0.4 is 11.1 Å². The number of rotatable bonds is 4. The fraction of sp³-hybridized carbons (Fsp3) is 0.583. The molecule has 1 aromatic heterocycles. The van der Waals surface area contributed by atoms with Gasteiger partial charge in [0.25, 0.3) is 0 Å². The van der Waals surface area contributed by atoms with Crippen LogP contribution in [0.4, 0.5) is 0 Å². The Labute approximate surface area is 105 Å². The van der Waals surface area contributed by atoms with Crippen LogP contribution >= 0.6 is 11.3 Å². The quantitative estimate of drug-likeness (QED) is 0.834. The van der Waals surface area contributed by atoms with Gasteiger partial charge >= 0.3 is 0 Å². The first-order valence-corrected chi connectivity index (χ1v) is 6.76. The summed E-state index contributed by atoms with van der Waals surface area (Å²) < 4.78 is 5.19. The van der Waals surface area contributed by atoms with Crippen molar-refractivity contribution in [1.82, 2.24) is 5.32 Å². The van der Waals surface area contributed by atoms with Gasteiger partial charge in [-0.1, -0.05) is 0 Å². The van der Waals surface area contributed by atoms with Crippen molar-refractivity contribution in [2.24, 2.45) is 11.7 Å². The van der Waals surface area contributed by atoms with Crippen molar-refractivity contribution in [1.29, 1.82) is 0 Å². The lowest BCUT2D eigenvalue weighted by Crippen LogP contribution is -2.44. The average Bonchev–Trinajstić information content (AvgIpc) is 2.88. The van der Waals surface area contributed by atoms with E-state index in [-0.39, 0.29) is 23.9 Å². The van der Waals surface area contributed by atoms with E-state index in [9.17, 15) is 4.79 Å². The molecule has 1 aliphatic rings. The molecule has 4 nitrogen and oxygen atoms in total. The van der Waals surface area contributed by atoms with Gasteiger partial charge in [0, 0.05) is 12.1 Å². The first-order valence-electron chi connectivity index (χ1n) is 5.81. The summed E-state index contributed by atoms with van der Waals surface area (Å²) in [7, 11) is 0. The zero-order valence-corrected chi connectivity index (χ0v) is 10.7. The van der Waals surface area contributed by atoms with Gasteiger partial charge in [-0.3, -0.25) is 4.79 Å². The number of carbonyl (C=O) groups excluding carboxylic acids is 1. The number of hydrogen-bond acceptors (Lipinski definition) is 4. The second-order valence-electron chi connectivity index (χ2n) is 4.55. The van der Waals surface area contributed by atoms with E-state index in [0.29, 0.717) is 13.2 Å². The van der Waals surface area contributed by atoms with Crippen molar-refractivity contribution in [3.63, 3.8) is 0 Å². The fourth-order valence-corrected chi connectivity index (χ4v) is 2.69. The first kappa shape index (κ1) is 12.5. The number of thiophene rings is 1. The molecule has 3 atom stereocenters. The molecule has 1 aliphatic heterocycles. The highest BCUT2D eigenvalue weighted by Crippen LogP contribution is 2.13. The van der Waals surface area contributed by atoms with Crippen molar-refractivity contribution >= 4 is 17.2 Å². The summed E-state index contributed by atoms with van der Waals surface area (Å²) in [6, 6.07) is 2.05. The van der Waals surface area contributed by atoms with Crippen molar-refractivity contribution < 1.29 is 9.53 Å². The van der Waals surface area contributed by atoms with Gasteiger partial charge in [0.15, 0.2) is 0 Å². The van der Waals surface area contributed by atoms with E-state index in [2.05, 4.69) is 16.8 Å². The third-order valence-electron chi connectivity index (χ3n) is 2.97. The highest BCUT2D eigenvalue weighted by Gasteiger charge is 2.31. The van der Waals surface area contributed by atoms with Crippen molar-refractivity contribution in [3.05, 3.63) is 22.4 Å². The Hall–Kier alpha value is -0.910. The van der Waals surface area contributed by atoms with Gasteiger partial charge in [0.2, 0.25) is 5.91 Å². The van der Waals surface area contributed by atoms with Gasteiger partial charge in [0.1, 0.15) is 0 Å².